The maximum Gasteiger partial charge on any atom is 0.331 e. The van der Waals surface area contributed by atoms with Gasteiger partial charge in [0, 0.05) is 5.69 Å². The lowest BCUT2D eigenvalue weighted by atomic mass is 9.71. The van der Waals surface area contributed by atoms with Crippen LogP contribution in [0.5, 0.6) is 0 Å². The fourth-order valence-corrected chi connectivity index (χ4v) is 3.44. The molecule has 0 amide bonds. The van der Waals surface area contributed by atoms with Gasteiger partial charge < -0.3 is 10.1 Å². The number of carbonyl (C=O) groups is 1. The van der Waals surface area contributed by atoms with Gasteiger partial charge in [-0.15, -0.1) is 0 Å². The van der Waals surface area contributed by atoms with Gasteiger partial charge in [-0.2, -0.15) is 0 Å². The number of para-hydroxylation sites is 1. The summed E-state index contributed by atoms with van der Waals surface area (Å²) in [4.78, 5) is 12.3. The van der Waals surface area contributed by atoms with E-state index in [0.717, 1.165) is 18.5 Å². The Labute approximate surface area is 115 Å². The van der Waals surface area contributed by atoms with Crippen LogP contribution in [-0.4, -0.2) is 18.6 Å². The number of anilines is 1. The molecular weight excluding hydrogens is 238 g/mol. The number of methoxy groups -OCH3 is 1. The zero-order chi connectivity index (χ0) is 13.9. The number of esters is 1. The third kappa shape index (κ3) is 3.09. The summed E-state index contributed by atoms with van der Waals surface area (Å²) in [5.74, 6) is 0.910. The van der Waals surface area contributed by atoms with Crippen molar-refractivity contribution in [3.05, 3.63) is 30.3 Å². The molecule has 19 heavy (non-hydrogen) atoms. The van der Waals surface area contributed by atoms with Crippen LogP contribution in [0, 0.1) is 11.8 Å². The Morgan fingerprint density at radius 2 is 1.79 bits per heavy atom. The minimum absolute atomic E-state index is 0.144. The Hall–Kier alpha value is -1.51. The zero-order valence-electron chi connectivity index (χ0n) is 12.0. The molecule has 1 N–H and O–H groups in total. The maximum atomic E-state index is 12.3. The lowest BCUT2D eigenvalue weighted by Gasteiger charge is -2.41. The first-order valence-corrected chi connectivity index (χ1v) is 6.97. The Balaban J connectivity index is 2.27. The topological polar surface area (TPSA) is 38.3 Å². The van der Waals surface area contributed by atoms with Crippen LogP contribution >= 0.6 is 0 Å². The third-order valence-electron chi connectivity index (χ3n) is 3.93. The average Bonchev–Trinajstić information content (AvgIpc) is 2.37. The second-order valence-electron chi connectivity index (χ2n) is 5.92. The molecule has 1 fully saturated rings. The van der Waals surface area contributed by atoms with E-state index in [-0.39, 0.29) is 5.97 Å². The molecule has 0 saturated heterocycles. The van der Waals surface area contributed by atoms with E-state index in [9.17, 15) is 4.79 Å². The van der Waals surface area contributed by atoms with Crippen molar-refractivity contribution >= 4 is 11.7 Å². The second-order valence-corrected chi connectivity index (χ2v) is 5.92. The largest absolute Gasteiger partial charge is 0.467 e. The lowest BCUT2D eigenvalue weighted by molar-refractivity contribution is -0.148. The van der Waals surface area contributed by atoms with Gasteiger partial charge in [0.15, 0.2) is 0 Å². The summed E-state index contributed by atoms with van der Waals surface area (Å²) in [6.07, 6.45) is 2.84. The Kier molecular flexibility index (Phi) is 4.13. The van der Waals surface area contributed by atoms with Gasteiger partial charge in [-0.3, -0.25) is 0 Å². The van der Waals surface area contributed by atoms with Crippen LogP contribution in [0.4, 0.5) is 5.69 Å². The maximum absolute atomic E-state index is 12.3. The molecule has 104 valence electrons. The lowest BCUT2D eigenvalue weighted by Crippen LogP contribution is -2.52. The van der Waals surface area contributed by atoms with Crippen LogP contribution in [-0.2, 0) is 9.53 Å². The molecular formula is C16H23NO2. The summed E-state index contributed by atoms with van der Waals surface area (Å²) in [6, 6.07) is 9.91. The smallest absolute Gasteiger partial charge is 0.331 e. The number of hydrogen-bond acceptors (Lipinski definition) is 3. The summed E-state index contributed by atoms with van der Waals surface area (Å²) in [6.45, 7) is 4.42. The highest BCUT2D eigenvalue weighted by Gasteiger charge is 2.45. The van der Waals surface area contributed by atoms with Crippen molar-refractivity contribution in [3.63, 3.8) is 0 Å². The van der Waals surface area contributed by atoms with E-state index >= 15 is 0 Å². The SMILES string of the molecule is COC(=O)C1(Nc2ccccc2)CC(C)CC(C)C1. The molecule has 3 nitrogen and oxygen atoms in total. The Bertz CT molecular complexity index is 420. The van der Waals surface area contributed by atoms with Crippen molar-refractivity contribution in [1.82, 2.24) is 0 Å². The fraction of sp³-hybridized carbons (Fsp3) is 0.562. The summed E-state index contributed by atoms with van der Waals surface area (Å²) >= 11 is 0. The van der Waals surface area contributed by atoms with Gasteiger partial charge in [0.1, 0.15) is 5.54 Å². The molecule has 3 heteroatoms. The van der Waals surface area contributed by atoms with Crippen LogP contribution in [0.2, 0.25) is 0 Å². The number of ether oxygens (including phenoxy) is 1. The van der Waals surface area contributed by atoms with E-state index in [2.05, 4.69) is 19.2 Å². The third-order valence-corrected chi connectivity index (χ3v) is 3.93. The molecule has 2 rings (SSSR count). The van der Waals surface area contributed by atoms with Crippen molar-refractivity contribution in [2.24, 2.45) is 11.8 Å². The zero-order valence-corrected chi connectivity index (χ0v) is 12.0. The van der Waals surface area contributed by atoms with Crippen LogP contribution in [0.3, 0.4) is 0 Å². The first-order chi connectivity index (χ1) is 9.05. The minimum Gasteiger partial charge on any atom is -0.467 e. The molecule has 1 saturated carbocycles. The standard InChI is InChI=1S/C16H23NO2/c1-12-9-13(2)11-16(10-12,15(18)19-3)17-14-7-5-4-6-8-14/h4-8,12-13,17H,9-11H2,1-3H3. The van der Waals surface area contributed by atoms with E-state index in [1.54, 1.807) is 0 Å². The molecule has 1 aromatic carbocycles. The fourth-order valence-electron chi connectivity index (χ4n) is 3.44. The van der Waals surface area contributed by atoms with Crippen LogP contribution in [0.25, 0.3) is 0 Å². The molecule has 0 heterocycles. The molecule has 1 aromatic rings. The first-order valence-electron chi connectivity index (χ1n) is 6.97. The number of carbonyl (C=O) groups excluding carboxylic acids is 1. The average molecular weight is 261 g/mol. The van der Waals surface area contributed by atoms with Crippen molar-refractivity contribution in [2.75, 3.05) is 12.4 Å². The molecule has 1 aliphatic carbocycles. The molecule has 0 radical (unpaired) electrons. The highest BCUT2D eigenvalue weighted by molar-refractivity contribution is 5.84. The van der Waals surface area contributed by atoms with Gasteiger partial charge >= 0.3 is 5.97 Å². The number of nitrogens with one attached hydrogen (secondary N) is 1. The van der Waals surface area contributed by atoms with Gasteiger partial charge in [-0.25, -0.2) is 4.79 Å². The predicted octanol–water partition coefficient (Wildman–Crippen LogP) is 3.47. The summed E-state index contributed by atoms with van der Waals surface area (Å²) < 4.78 is 5.06. The summed E-state index contributed by atoms with van der Waals surface area (Å²) in [5, 5.41) is 3.43. The molecule has 1 aliphatic rings. The minimum atomic E-state index is -0.576. The van der Waals surface area contributed by atoms with Crippen LogP contribution in [0.1, 0.15) is 33.1 Å². The van der Waals surface area contributed by atoms with Gasteiger partial charge in [-0.05, 0) is 43.2 Å². The molecule has 0 bridgehead atoms. The van der Waals surface area contributed by atoms with Crippen molar-refractivity contribution in [2.45, 2.75) is 38.6 Å². The predicted molar refractivity (Wildman–Crippen MR) is 77.0 cm³/mol. The van der Waals surface area contributed by atoms with Crippen molar-refractivity contribution in [1.29, 1.82) is 0 Å². The van der Waals surface area contributed by atoms with E-state index in [1.807, 2.05) is 30.3 Å². The molecule has 0 aromatic heterocycles. The highest BCUT2D eigenvalue weighted by atomic mass is 16.5. The number of hydrogen-bond donors (Lipinski definition) is 1. The van der Waals surface area contributed by atoms with Crippen LogP contribution in [0.15, 0.2) is 30.3 Å². The van der Waals surface area contributed by atoms with Gasteiger partial charge in [0.2, 0.25) is 0 Å². The number of rotatable bonds is 3. The second kappa shape index (κ2) is 5.64. The van der Waals surface area contributed by atoms with Gasteiger partial charge in [0.25, 0.3) is 0 Å². The summed E-state index contributed by atoms with van der Waals surface area (Å²) in [7, 11) is 1.47. The normalized spacial score (nSPS) is 30.7. The Morgan fingerprint density at radius 3 is 2.32 bits per heavy atom. The van der Waals surface area contributed by atoms with E-state index in [0.29, 0.717) is 11.8 Å². The van der Waals surface area contributed by atoms with Gasteiger partial charge in [0.05, 0.1) is 7.11 Å². The molecule has 0 aliphatic heterocycles. The quantitative estimate of drug-likeness (QED) is 0.847. The molecule has 0 spiro atoms. The molecule has 2 atom stereocenters. The molecule has 2 unspecified atom stereocenters. The Morgan fingerprint density at radius 1 is 1.21 bits per heavy atom. The van der Waals surface area contributed by atoms with Crippen LogP contribution < -0.4 is 5.32 Å². The van der Waals surface area contributed by atoms with E-state index < -0.39 is 5.54 Å². The monoisotopic (exact) mass is 261 g/mol. The summed E-state index contributed by atoms with van der Waals surface area (Å²) in [5.41, 5.74) is 0.405. The highest BCUT2D eigenvalue weighted by Crippen LogP contribution is 2.39. The number of benzene rings is 1. The van der Waals surface area contributed by atoms with E-state index in [1.165, 1.54) is 13.5 Å². The first kappa shape index (κ1) is 13.9. The van der Waals surface area contributed by atoms with E-state index in [4.69, 9.17) is 4.74 Å². The van der Waals surface area contributed by atoms with Crippen molar-refractivity contribution < 1.29 is 9.53 Å². The van der Waals surface area contributed by atoms with Crippen molar-refractivity contribution in [3.8, 4) is 0 Å². The van der Waals surface area contributed by atoms with Gasteiger partial charge in [-0.1, -0.05) is 32.0 Å².